The summed E-state index contributed by atoms with van der Waals surface area (Å²) in [5.41, 5.74) is 13.9. The molecule has 0 atom stereocenters. The number of allylic oxidation sites excluding steroid dienone is 12. The monoisotopic (exact) mass is 478 g/mol. The first-order valence-electron chi connectivity index (χ1n) is 12.4. The second kappa shape index (κ2) is 8.94. The van der Waals surface area contributed by atoms with E-state index in [1.54, 1.807) is 0 Å². The summed E-state index contributed by atoms with van der Waals surface area (Å²) in [7, 11) is 0. The minimum Gasteiger partial charge on any atom is -0.481 e. The van der Waals surface area contributed by atoms with E-state index in [-0.39, 0.29) is 6.42 Å². The zero-order chi connectivity index (χ0) is 25.7. The summed E-state index contributed by atoms with van der Waals surface area (Å²) in [5.74, 6) is -0.880. The first-order chi connectivity index (χ1) is 17.2. The lowest BCUT2D eigenvalue weighted by Crippen LogP contribution is -2.02. The Kier molecular flexibility index (Phi) is 5.91. The second-order valence-corrected chi connectivity index (χ2v) is 9.56. The van der Waals surface area contributed by atoms with Crippen molar-refractivity contribution >= 4 is 28.8 Å². The standard InChI is InChI=1S/C30H30N4O2/c1-7-20-16(4)24-10-19-9-15(3)23(31-19)12-27-21(8-2)17(5)25(33-27)14-29-22(11-30(35)36)18(6)26(34-29)13-28(20)32-24/h9-10,12-14H,7-8,11H2,1-6H3,(H,35,36). The summed E-state index contributed by atoms with van der Waals surface area (Å²) in [5, 5.41) is 9.63. The van der Waals surface area contributed by atoms with Gasteiger partial charge in [0, 0.05) is 0 Å². The van der Waals surface area contributed by atoms with Crippen LogP contribution in [0.4, 0.5) is 0 Å². The molecule has 6 heteroatoms. The van der Waals surface area contributed by atoms with E-state index in [4.69, 9.17) is 20.0 Å². The van der Waals surface area contributed by atoms with Crippen molar-refractivity contribution in [1.82, 2.24) is 0 Å². The fourth-order valence-corrected chi connectivity index (χ4v) is 5.23. The predicted molar refractivity (Wildman–Crippen MR) is 147 cm³/mol. The number of carboxylic acids is 1. The van der Waals surface area contributed by atoms with Crippen LogP contribution in [-0.2, 0) is 4.79 Å². The van der Waals surface area contributed by atoms with Crippen LogP contribution in [-0.4, -0.2) is 33.9 Å². The van der Waals surface area contributed by atoms with Crippen molar-refractivity contribution in [1.29, 1.82) is 0 Å². The van der Waals surface area contributed by atoms with E-state index in [1.165, 1.54) is 11.1 Å². The molecule has 1 N–H and O–H groups in total. The Labute approximate surface area is 211 Å². The average molecular weight is 479 g/mol. The number of hydrogen-bond donors (Lipinski definition) is 1. The third-order valence-corrected chi connectivity index (χ3v) is 7.32. The Morgan fingerprint density at radius 3 is 1.58 bits per heavy atom. The van der Waals surface area contributed by atoms with Crippen LogP contribution in [0.3, 0.4) is 0 Å². The molecule has 0 aromatic rings. The molecular formula is C30H30N4O2. The largest absolute Gasteiger partial charge is 0.481 e. The Balaban J connectivity index is 1.78. The van der Waals surface area contributed by atoms with Crippen LogP contribution in [0.2, 0.25) is 0 Å². The van der Waals surface area contributed by atoms with E-state index in [9.17, 15) is 9.90 Å². The molecule has 0 fully saturated rings. The lowest BCUT2D eigenvalue weighted by molar-refractivity contribution is -0.136. The second-order valence-electron chi connectivity index (χ2n) is 9.56. The third-order valence-electron chi connectivity index (χ3n) is 7.32. The third kappa shape index (κ3) is 3.96. The van der Waals surface area contributed by atoms with E-state index >= 15 is 0 Å². The van der Waals surface area contributed by atoms with Crippen molar-refractivity contribution in [3.05, 3.63) is 92.2 Å². The van der Waals surface area contributed by atoms with Gasteiger partial charge in [-0.05, 0) is 110 Å². The van der Waals surface area contributed by atoms with Crippen LogP contribution >= 0.6 is 0 Å². The zero-order valence-corrected chi connectivity index (χ0v) is 21.7. The van der Waals surface area contributed by atoms with Gasteiger partial charge in [-0.2, -0.15) is 0 Å². The van der Waals surface area contributed by atoms with Gasteiger partial charge in [-0.25, -0.2) is 20.0 Å². The zero-order valence-electron chi connectivity index (χ0n) is 21.7. The molecule has 0 aromatic heterocycles. The molecular weight excluding hydrogens is 448 g/mol. The lowest BCUT2D eigenvalue weighted by Gasteiger charge is -2.04. The van der Waals surface area contributed by atoms with Crippen molar-refractivity contribution in [2.75, 3.05) is 0 Å². The number of nitrogens with zero attached hydrogens (tertiary/aromatic N) is 4. The molecule has 0 spiro atoms. The normalized spacial score (nSPS) is 21.1. The lowest BCUT2D eigenvalue weighted by atomic mass is 9.98. The van der Waals surface area contributed by atoms with Gasteiger partial charge in [0.2, 0.25) is 0 Å². The first-order valence-corrected chi connectivity index (χ1v) is 12.4. The number of fused-ring (bicyclic) bond motifs is 4. The van der Waals surface area contributed by atoms with Gasteiger partial charge in [0.25, 0.3) is 0 Å². The van der Waals surface area contributed by atoms with Gasteiger partial charge in [-0.15, -0.1) is 0 Å². The van der Waals surface area contributed by atoms with Gasteiger partial charge in [-0.3, -0.25) is 4.79 Å². The molecule has 5 heterocycles. The predicted octanol–water partition coefficient (Wildman–Crippen LogP) is 6.54. The van der Waals surface area contributed by atoms with Gasteiger partial charge in [0.1, 0.15) is 0 Å². The molecule has 8 bridgehead atoms. The van der Waals surface area contributed by atoms with Crippen molar-refractivity contribution < 1.29 is 9.90 Å². The number of aliphatic carboxylic acids is 1. The van der Waals surface area contributed by atoms with Crippen molar-refractivity contribution in [3.63, 3.8) is 0 Å². The summed E-state index contributed by atoms with van der Waals surface area (Å²) in [4.78, 5) is 31.4. The highest BCUT2D eigenvalue weighted by Crippen LogP contribution is 2.36. The molecule has 0 aromatic carbocycles. The van der Waals surface area contributed by atoms with Gasteiger partial charge in [0.15, 0.2) is 0 Å². The summed E-state index contributed by atoms with van der Waals surface area (Å²) in [6.07, 6.45) is 11.7. The molecule has 0 aliphatic carbocycles. The molecule has 0 radical (unpaired) electrons. The molecule has 182 valence electrons. The maximum Gasteiger partial charge on any atom is 0.307 e. The van der Waals surface area contributed by atoms with Crippen LogP contribution in [0.1, 0.15) is 60.8 Å². The van der Waals surface area contributed by atoms with Crippen LogP contribution in [0.5, 0.6) is 0 Å². The first kappa shape index (κ1) is 23.8. The maximum absolute atomic E-state index is 11.7. The van der Waals surface area contributed by atoms with E-state index in [0.29, 0.717) is 5.70 Å². The van der Waals surface area contributed by atoms with Crippen molar-refractivity contribution in [3.8, 4) is 0 Å². The van der Waals surface area contributed by atoms with Gasteiger partial charge < -0.3 is 5.11 Å². The minimum atomic E-state index is -0.880. The molecule has 5 rings (SSSR count). The molecule has 5 aliphatic rings. The summed E-state index contributed by atoms with van der Waals surface area (Å²) < 4.78 is 0. The van der Waals surface area contributed by atoms with Crippen LogP contribution in [0.15, 0.2) is 112 Å². The van der Waals surface area contributed by atoms with E-state index < -0.39 is 5.97 Å². The SMILES string of the molecule is CCC1=C(C)C2=NC1=CC1=NC(=CC3=NC(=CC4=NC(=C2)C=C4C)C(CC)=C3C)C(CC(=O)O)=C1C. The highest BCUT2D eigenvalue weighted by Gasteiger charge is 2.27. The average Bonchev–Trinajstić information content (AvgIpc) is 3.50. The van der Waals surface area contributed by atoms with Gasteiger partial charge in [-0.1, -0.05) is 13.8 Å². The maximum atomic E-state index is 11.7. The van der Waals surface area contributed by atoms with Crippen molar-refractivity contribution in [2.45, 2.75) is 60.8 Å². The van der Waals surface area contributed by atoms with E-state index in [1.807, 2.05) is 25.2 Å². The Hall–Kier alpha value is -3.93. The number of rotatable bonds is 4. The molecule has 0 saturated heterocycles. The topological polar surface area (TPSA) is 86.7 Å². The summed E-state index contributed by atoms with van der Waals surface area (Å²) >= 11 is 0. The number of aliphatic imine (C=N–C) groups is 4. The number of hydrogen-bond acceptors (Lipinski definition) is 5. The Morgan fingerprint density at radius 2 is 1.08 bits per heavy atom. The number of carboxylic acid groups (broad SMARTS) is 1. The molecule has 36 heavy (non-hydrogen) atoms. The molecule has 5 aliphatic heterocycles. The van der Waals surface area contributed by atoms with Crippen molar-refractivity contribution in [2.24, 2.45) is 20.0 Å². The highest BCUT2D eigenvalue weighted by molar-refractivity contribution is 6.19. The fraction of sp³-hybridized carbons (Fsp3) is 0.300. The molecule has 0 saturated carbocycles. The number of carbonyl (C=O) groups is 1. The molecule has 0 amide bonds. The Bertz CT molecular complexity index is 1500. The summed E-state index contributed by atoms with van der Waals surface area (Å²) in [6, 6.07) is 0. The van der Waals surface area contributed by atoms with Crippen LogP contribution in [0.25, 0.3) is 0 Å². The summed E-state index contributed by atoms with van der Waals surface area (Å²) in [6.45, 7) is 12.4. The minimum absolute atomic E-state index is 0.0931. The van der Waals surface area contributed by atoms with Crippen LogP contribution in [0, 0.1) is 0 Å². The van der Waals surface area contributed by atoms with Gasteiger partial charge in [0.05, 0.1) is 52.1 Å². The fourth-order valence-electron chi connectivity index (χ4n) is 5.23. The van der Waals surface area contributed by atoms with Gasteiger partial charge >= 0.3 is 5.97 Å². The smallest absolute Gasteiger partial charge is 0.307 e. The van der Waals surface area contributed by atoms with Crippen LogP contribution < -0.4 is 0 Å². The highest BCUT2D eigenvalue weighted by atomic mass is 16.4. The Morgan fingerprint density at radius 1 is 0.639 bits per heavy atom. The van der Waals surface area contributed by atoms with E-state index in [0.717, 1.165) is 80.6 Å². The molecule has 6 nitrogen and oxygen atoms in total. The quantitative estimate of drug-likeness (QED) is 0.497. The van der Waals surface area contributed by atoms with E-state index in [2.05, 4.69) is 46.8 Å². The molecule has 0 unspecified atom stereocenters.